The van der Waals surface area contributed by atoms with E-state index in [9.17, 15) is 4.79 Å². The lowest BCUT2D eigenvalue weighted by molar-refractivity contribution is 0.0781. The number of nitrogens with zero attached hydrogens (tertiary/aromatic N) is 2. The molecule has 128 valence electrons. The molecule has 0 unspecified atom stereocenters. The minimum absolute atomic E-state index is 0.0435. The molecule has 0 radical (unpaired) electrons. The first-order valence-electron chi connectivity index (χ1n) is 8.03. The fraction of sp³-hybridized carbons (Fsp3) is 0.200. The zero-order valence-corrected chi connectivity index (χ0v) is 15.9. The Bertz CT molecular complexity index is 829. The standard InChI is InChI=1S/C20H20N2OS2/c1-15-7-9-16(10-8-15)11-22(2)20(23)18-5-3-4-6-19(18)25-13-17-12-24-14-21-17/h3-10,12,14H,11,13H2,1-2H3. The Balaban J connectivity index is 1.71. The van der Waals surface area contributed by atoms with Crippen LogP contribution in [0, 0.1) is 6.92 Å². The molecule has 0 saturated carbocycles. The molecular formula is C20H20N2OS2. The van der Waals surface area contributed by atoms with Gasteiger partial charge in [-0.3, -0.25) is 4.79 Å². The molecule has 0 atom stereocenters. The smallest absolute Gasteiger partial charge is 0.255 e. The van der Waals surface area contributed by atoms with E-state index in [0.717, 1.165) is 27.5 Å². The molecular weight excluding hydrogens is 348 g/mol. The second-order valence-corrected chi connectivity index (χ2v) is 7.65. The normalized spacial score (nSPS) is 10.6. The summed E-state index contributed by atoms with van der Waals surface area (Å²) in [6, 6.07) is 16.1. The van der Waals surface area contributed by atoms with Crippen LogP contribution in [-0.2, 0) is 12.3 Å². The number of carbonyl (C=O) groups excluding carboxylic acids is 1. The summed E-state index contributed by atoms with van der Waals surface area (Å²) in [4.78, 5) is 20.0. The summed E-state index contributed by atoms with van der Waals surface area (Å²) >= 11 is 3.25. The summed E-state index contributed by atoms with van der Waals surface area (Å²) in [6.45, 7) is 2.67. The number of hydrogen-bond donors (Lipinski definition) is 0. The predicted octanol–water partition coefficient (Wildman–Crippen LogP) is 5.02. The number of aryl methyl sites for hydroxylation is 1. The van der Waals surface area contributed by atoms with Crippen LogP contribution in [0.15, 0.2) is 64.3 Å². The minimum Gasteiger partial charge on any atom is -0.337 e. The number of rotatable bonds is 6. The van der Waals surface area contributed by atoms with Gasteiger partial charge < -0.3 is 4.90 Å². The first kappa shape index (κ1) is 17.7. The van der Waals surface area contributed by atoms with E-state index in [-0.39, 0.29) is 5.91 Å². The highest BCUT2D eigenvalue weighted by Crippen LogP contribution is 2.27. The van der Waals surface area contributed by atoms with Crippen molar-refractivity contribution in [2.24, 2.45) is 0 Å². The van der Waals surface area contributed by atoms with Gasteiger partial charge in [0.05, 0.1) is 16.8 Å². The first-order chi connectivity index (χ1) is 12.1. The quantitative estimate of drug-likeness (QED) is 0.573. The van der Waals surface area contributed by atoms with Gasteiger partial charge in [0.15, 0.2) is 0 Å². The molecule has 0 aliphatic heterocycles. The number of benzene rings is 2. The summed E-state index contributed by atoms with van der Waals surface area (Å²) in [5, 5.41) is 2.04. The van der Waals surface area contributed by atoms with Gasteiger partial charge in [-0.2, -0.15) is 0 Å². The van der Waals surface area contributed by atoms with E-state index >= 15 is 0 Å². The van der Waals surface area contributed by atoms with Gasteiger partial charge in [0, 0.05) is 29.6 Å². The van der Waals surface area contributed by atoms with E-state index in [2.05, 4.69) is 36.2 Å². The number of thiazole rings is 1. The first-order valence-corrected chi connectivity index (χ1v) is 9.96. The molecule has 0 saturated heterocycles. The second-order valence-electron chi connectivity index (χ2n) is 5.91. The third kappa shape index (κ3) is 4.71. The van der Waals surface area contributed by atoms with Crippen molar-refractivity contribution >= 4 is 29.0 Å². The fourth-order valence-corrected chi connectivity index (χ4v) is 4.09. The minimum atomic E-state index is 0.0435. The number of aromatic nitrogens is 1. The van der Waals surface area contributed by atoms with Crippen LogP contribution < -0.4 is 0 Å². The molecule has 0 fully saturated rings. The maximum Gasteiger partial charge on any atom is 0.255 e. The lowest BCUT2D eigenvalue weighted by Crippen LogP contribution is -2.26. The van der Waals surface area contributed by atoms with Gasteiger partial charge in [0.25, 0.3) is 5.91 Å². The molecule has 1 aromatic heterocycles. The molecule has 5 heteroatoms. The van der Waals surface area contributed by atoms with E-state index in [1.54, 1.807) is 28.0 Å². The van der Waals surface area contributed by atoms with Crippen molar-refractivity contribution in [3.05, 3.63) is 81.8 Å². The maximum atomic E-state index is 12.9. The lowest BCUT2D eigenvalue weighted by Gasteiger charge is -2.19. The second kappa shape index (κ2) is 8.32. The Kier molecular flexibility index (Phi) is 5.89. The number of thioether (sulfide) groups is 1. The van der Waals surface area contributed by atoms with Crippen LogP contribution in [0.1, 0.15) is 27.2 Å². The van der Waals surface area contributed by atoms with Gasteiger partial charge in [-0.1, -0.05) is 42.0 Å². The summed E-state index contributed by atoms with van der Waals surface area (Å²) in [5.41, 5.74) is 5.99. The van der Waals surface area contributed by atoms with E-state index in [0.29, 0.717) is 6.54 Å². The van der Waals surface area contributed by atoms with Gasteiger partial charge in [-0.25, -0.2) is 4.98 Å². The Morgan fingerprint density at radius 2 is 1.92 bits per heavy atom. The zero-order valence-electron chi connectivity index (χ0n) is 14.3. The molecule has 0 N–H and O–H groups in total. The van der Waals surface area contributed by atoms with E-state index in [4.69, 9.17) is 0 Å². The fourth-order valence-electron chi connectivity index (χ4n) is 2.47. The molecule has 0 bridgehead atoms. The van der Waals surface area contributed by atoms with Crippen LogP contribution >= 0.6 is 23.1 Å². The van der Waals surface area contributed by atoms with Crippen molar-refractivity contribution in [3.63, 3.8) is 0 Å². The van der Waals surface area contributed by atoms with E-state index in [1.165, 1.54) is 5.56 Å². The molecule has 0 aliphatic carbocycles. The van der Waals surface area contributed by atoms with Gasteiger partial charge in [-0.15, -0.1) is 23.1 Å². The lowest BCUT2D eigenvalue weighted by atomic mass is 10.1. The zero-order chi connectivity index (χ0) is 17.6. The van der Waals surface area contributed by atoms with Crippen molar-refractivity contribution < 1.29 is 4.79 Å². The maximum absolute atomic E-state index is 12.9. The summed E-state index contributed by atoms with van der Waals surface area (Å²) < 4.78 is 0. The van der Waals surface area contributed by atoms with E-state index < -0.39 is 0 Å². The third-order valence-electron chi connectivity index (χ3n) is 3.86. The van der Waals surface area contributed by atoms with E-state index in [1.807, 2.05) is 42.2 Å². The third-order valence-corrected chi connectivity index (χ3v) is 5.61. The van der Waals surface area contributed by atoms with Crippen LogP contribution in [0.2, 0.25) is 0 Å². The SMILES string of the molecule is Cc1ccc(CN(C)C(=O)c2ccccc2SCc2cscn2)cc1. The van der Waals surface area contributed by atoms with Crippen LogP contribution in [0.3, 0.4) is 0 Å². The molecule has 25 heavy (non-hydrogen) atoms. The van der Waals surface area contributed by atoms with Gasteiger partial charge in [0.2, 0.25) is 0 Å². The topological polar surface area (TPSA) is 33.2 Å². The number of amides is 1. The number of hydrogen-bond acceptors (Lipinski definition) is 4. The Morgan fingerprint density at radius 3 is 2.64 bits per heavy atom. The summed E-state index contributed by atoms with van der Waals surface area (Å²) in [5.74, 6) is 0.817. The van der Waals surface area contributed by atoms with Crippen LogP contribution in [0.4, 0.5) is 0 Å². The van der Waals surface area contributed by atoms with Crippen molar-refractivity contribution in [1.82, 2.24) is 9.88 Å². The molecule has 0 spiro atoms. The average molecular weight is 369 g/mol. The molecule has 3 aromatic rings. The molecule has 3 nitrogen and oxygen atoms in total. The Labute approximate surface area is 156 Å². The Hall–Kier alpha value is -2.11. The van der Waals surface area contributed by atoms with Gasteiger partial charge >= 0.3 is 0 Å². The molecule has 0 aliphatic rings. The monoisotopic (exact) mass is 368 g/mol. The highest BCUT2D eigenvalue weighted by atomic mass is 32.2. The average Bonchev–Trinajstić information content (AvgIpc) is 3.15. The number of carbonyl (C=O) groups is 1. The summed E-state index contributed by atoms with van der Waals surface area (Å²) in [7, 11) is 1.85. The van der Waals surface area contributed by atoms with Crippen LogP contribution in [-0.4, -0.2) is 22.8 Å². The largest absolute Gasteiger partial charge is 0.337 e. The van der Waals surface area contributed by atoms with Gasteiger partial charge in [-0.05, 0) is 24.6 Å². The van der Waals surface area contributed by atoms with Crippen molar-refractivity contribution in [2.45, 2.75) is 24.1 Å². The van der Waals surface area contributed by atoms with Crippen molar-refractivity contribution in [1.29, 1.82) is 0 Å². The van der Waals surface area contributed by atoms with Gasteiger partial charge in [0.1, 0.15) is 0 Å². The summed E-state index contributed by atoms with van der Waals surface area (Å²) in [6.07, 6.45) is 0. The molecule has 3 rings (SSSR count). The molecule has 1 heterocycles. The highest BCUT2D eigenvalue weighted by molar-refractivity contribution is 7.98. The predicted molar refractivity (Wildman–Crippen MR) is 105 cm³/mol. The van der Waals surface area contributed by atoms with Crippen LogP contribution in [0.5, 0.6) is 0 Å². The van der Waals surface area contributed by atoms with Crippen LogP contribution in [0.25, 0.3) is 0 Å². The molecule has 1 amide bonds. The molecule has 2 aromatic carbocycles. The Morgan fingerprint density at radius 1 is 1.16 bits per heavy atom. The highest BCUT2D eigenvalue weighted by Gasteiger charge is 2.16. The van der Waals surface area contributed by atoms with Crippen molar-refractivity contribution in [3.8, 4) is 0 Å². The van der Waals surface area contributed by atoms with Crippen molar-refractivity contribution in [2.75, 3.05) is 7.05 Å².